The summed E-state index contributed by atoms with van der Waals surface area (Å²) in [5.74, 6) is 0. The minimum Gasteiger partial charge on any atom is -0.387 e. The number of hydrogen-bond acceptors (Lipinski definition) is 3. The molecule has 98 valence electrons. The summed E-state index contributed by atoms with van der Waals surface area (Å²) in [6, 6.07) is 3.59. The number of β-amino-alcohol motifs (C(OH)–C–C–N with tert-alkyl or cyclic N) is 1. The molecule has 0 aliphatic rings. The summed E-state index contributed by atoms with van der Waals surface area (Å²) in [7, 11) is 0. The molecule has 0 saturated carbocycles. The van der Waals surface area contributed by atoms with Crippen LogP contribution in [-0.4, -0.2) is 27.4 Å². The maximum absolute atomic E-state index is 10.3. The van der Waals surface area contributed by atoms with Gasteiger partial charge in [0.1, 0.15) is 0 Å². The number of halogens is 1. The highest BCUT2D eigenvalue weighted by molar-refractivity contribution is 6.31. The van der Waals surface area contributed by atoms with E-state index in [0.717, 1.165) is 16.5 Å². The van der Waals surface area contributed by atoms with Gasteiger partial charge in [-0.15, -0.1) is 0 Å². The van der Waals surface area contributed by atoms with Crippen LogP contribution < -0.4 is 5.32 Å². The summed E-state index contributed by atoms with van der Waals surface area (Å²) in [5.41, 5.74) is 1.60. The average Bonchev–Trinajstić information content (AvgIpc) is 2.71. The first-order valence-corrected chi connectivity index (χ1v) is 6.30. The summed E-state index contributed by atoms with van der Waals surface area (Å²) in [6.45, 7) is 6.66. The molecule has 0 aliphatic carbocycles. The zero-order valence-electron chi connectivity index (χ0n) is 10.8. The van der Waals surface area contributed by atoms with Crippen LogP contribution >= 0.6 is 11.6 Å². The Balaban J connectivity index is 2.26. The highest BCUT2D eigenvalue weighted by atomic mass is 35.5. The Kier molecular flexibility index (Phi) is 3.61. The Labute approximate surface area is 111 Å². The predicted octanol–water partition coefficient (Wildman–Crippen LogP) is 2.64. The molecule has 2 aromatic rings. The average molecular weight is 268 g/mol. The highest BCUT2D eigenvalue weighted by Crippen LogP contribution is 2.27. The van der Waals surface area contributed by atoms with E-state index in [1.54, 1.807) is 18.3 Å². The summed E-state index contributed by atoms with van der Waals surface area (Å²) < 4.78 is 0. The van der Waals surface area contributed by atoms with Crippen molar-refractivity contribution in [3.05, 3.63) is 28.9 Å². The van der Waals surface area contributed by atoms with Crippen molar-refractivity contribution in [1.29, 1.82) is 0 Å². The van der Waals surface area contributed by atoms with Gasteiger partial charge in [-0.25, -0.2) is 0 Å². The lowest BCUT2D eigenvalue weighted by Crippen LogP contribution is -2.38. The van der Waals surface area contributed by atoms with E-state index in [-0.39, 0.29) is 5.54 Å². The number of hydrogen-bond donors (Lipinski definition) is 3. The normalized spacial score (nSPS) is 14.1. The zero-order valence-corrected chi connectivity index (χ0v) is 11.5. The van der Waals surface area contributed by atoms with Gasteiger partial charge in [0, 0.05) is 22.5 Å². The van der Waals surface area contributed by atoms with Crippen LogP contribution in [0.1, 0.15) is 32.4 Å². The fraction of sp³-hybridized carbons (Fsp3) is 0.462. The van der Waals surface area contributed by atoms with E-state index in [4.69, 9.17) is 11.6 Å². The number of rotatable bonds is 3. The minimum atomic E-state index is -0.608. The first kappa shape index (κ1) is 13.3. The molecule has 1 atom stereocenters. The van der Waals surface area contributed by atoms with Gasteiger partial charge in [0.15, 0.2) is 0 Å². The van der Waals surface area contributed by atoms with Gasteiger partial charge < -0.3 is 10.4 Å². The standard InChI is InChI=1S/C13H18ClN3O/c1-13(2,3)15-7-12(18)9-4-8(14)5-11-10(9)6-16-17-11/h4-6,12,15,18H,7H2,1-3H3,(H,16,17)/t12-/m0/s1. The van der Waals surface area contributed by atoms with Crippen LogP contribution in [-0.2, 0) is 0 Å². The van der Waals surface area contributed by atoms with Crippen LogP contribution in [0.25, 0.3) is 10.9 Å². The first-order chi connectivity index (χ1) is 8.37. The van der Waals surface area contributed by atoms with Gasteiger partial charge in [-0.05, 0) is 38.5 Å². The van der Waals surface area contributed by atoms with Crippen molar-refractivity contribution in [2.75, 3.05) is 6.54 Å². The Hall–Kier alpha value is -1.10. The maximum atomic E-state index is 10.3. The molecule has 0 amide bonds. The number of H-pyrrole nitrogens is 1. The second-order valence-electron chi connectivity index (χ2n) is 5.47. The molecule has 1 heterocycles. The Morgan fingerprint density at radius 1 is 1.44 bits per heavy atom. The van der Waals surface area contributed by atoms with Crippen molar-refractivity contribution in [2.45, 2.75) is 32.4 Å². The summed E-state index contributed by atoms with van der Waals surface area (Å²) >= 11 is 6.04. The minimum absolute atomic E-state index is 0.0327. The monoisotopic (exact) mass is 267 g/mol. The van der Waals surface area contributed by atoms with Crippen LogP contribution in [0, 0.1) is 0 Å². The van der Waals surface area contributed by atoms with Gasteiger partial charge in [0.05, 0.1) is 17.8 Å². The number of aromatic nitrogens is 2. The molecule has 2 rings (SSSR count). The van der Waals surface area contributed by atoms with Crippen molar-refractivity contribution in [3.8, 4) is 0 Å². The molecule has 4 nitrogen and oxygen atoms in total. The fourth-order valence-corrected chi connectivity index (χ4v) is 2.06. The smallest absolute Gasteiger partial charge is 0.0922 e. The number of aliphatic hydroxyl groups is 1. The third-order valence-electron chi connectivity index (χ3n) is 2.74. The lowest BCUT2D eigenvalue weighted by atomic mass is 10.0. The van der Waals surface area contributed by atoms with E-state index < -0.39 is 6.10 Å². The second kappa shape index (κ2) is 4.88. The van der Waals surface area contributed by atoms with Gasteiger partial charge in [-0.1, -0.05) is 11.6 Å². The fourth-order valence-electron chi connectivity index (χ4n) is 1.83. The molecule has 1 aromatic carbocycles. The zero-order chi connectivity index (χ0) is 13.3. The Morgan fingerprint density at radius 3 is 2.83 bits per heavy atom. The van der Waals surface area contributed by atoms with Crippen LogP contribution in [0.2, 0.25) is 5.02 Å². The van der Waals surface area contributed by atoms with Crippen LogP contribution in [0.4, 0.5) is 0 Å². The van der Waals surface area contributed by atoms with E-state index in [0.29, 0.717) is 11.6 Å². The lowest BCUT2D eigenvalue weighted by Gasteiger charge is -2.23. The number of aromatic amines is 1. The molecule has 0 bridgehead atoms. The highest BCUT2D eigenvalue weighted by Gasteiger charge is 2.16. The van der Waals surface area contributed by atoms with Crippen molar-refractivity contribution in [1.82, 2.24) is 15.5 Å². The summed E-state index contributed by atoms with van der Waals surface area (Å²) in [4.78, 5) is 0. The van der Waals surface area contributed by atoms with Crippen molar-refractivity contribution in [3.63, 3.8) is 0 Å². The molecule has 5 heteroatoms. The Bertz CT molecular complexity index is 545. The SMILES string of the molecule is CC(C)(C)NC[C@H](O)c1cc(Cl)cc2[nH]ncc12. The molecule has 18 heavy (non-hydrogen) atoms. The van der Waals surface area contributed by atoms with Crippen molar-refractivity contribution >= 4 is 22.5 Å². The summed E-state index contributed by atoms with van der Waals surface area (Å²) in [6.07, 6.45) is 1.10. The molecular formula is C13H18ClN3O. The van der Waals surface area contributed by atoms with Crippen LogP contribution in [0.15, 0.2) is 18.3 Å². The lowest BCUT2D eigenvalue weighted by molar-refractivity contribution is 0.164. The third kappa shape index (κ3) is 3.02. The molecule has 0 radical (unpaired) electrons. The summed E-state index contributed by atoms with van der Waals surface area (Å²) in [5, 5.41) is 21.9. The molecule has 0 unspecified atom stereocenters. The molecule has 0 aliphatic heterocycles. The van der Waals surface area contributed by atoms with Gasteiger partial charge in [0.25, 0.3) is 0 Å². The largest absolute Gasteiger partial charge is 0.387 e. The van der Waals surface area contributed by atoms with E-state index in [9.17, 15) is 5.11 Å². The number of nitrogens with zero attached hydrogens (tertiary/aromatic N) is 1. The van der Waals surface area contributed by atoms with E-state index in [1.165, 1.54) is 0 Å². The van der Waals surface area contributed by atoms with Gasteiger partial charge in [0.2, 0.25) is 0 Å². The molecular weight excluding hydrogens is 250 g/mol. The maximum Gasteiger partial charge on any atom is 0.0922 e. The molecule has 0 fully saturated rings. The van der Waals surface area contributed by atoms with Gasteiger partial charge in [-0.3, -0.25) is 5.10 Å². The van der Waals surface area contributed by atoms with Crippen molar-refractivity contribution < 1.29 is 5.11 Å². The molecule has 1 aromatic heterocycles. The third-order valence-corrected chi connectivity index (χ3v) is 2.96. The quantitative estimate of drug-likeness (QED) is 0.801. The molecule has 3 N–H and O–H groups in total. The second-order valence-corrected chi connectivity index (χ2v) is 5.91. The molecule has 0 saturated heterocycles. The number of benzene rings is 1. The number of fused-ring (bicyclic) bond motifs is 1. The van der Waals surface area contributed by atoms with Gasteiger partial charge in [-0.2, -0.15) is 5.10 Å². The van der Waals surface area contributed by atoms with E-state index >= 15 is 0 Å². The van der Waals surface area contributed by atoms with E-state index in [2.05, 4.69) is 36.3 Å². The van der Waals surface area contributed by atoms with Crippen LogP contribution in [0.3, 0.4) is 0 Å². The van der Waals surface area contributed by atoms with Gasteiger partial charge >= 0.3 is 0 Å². The topological polar surface area (TPSA) is 60.9 Å². The molecule has 0 spiro atoms. The van der Waals surface area contributed by atoms with Crippen molar-refractivity contribution in [2.24, 2.45) is 0 Å². The van der Waals surface area contributed by atoms with Crippen LogP contribution in [0.5, 0.6) is 0 Å². The van der Waals surface area contributed by atoms with E-state index in [1.807, 2.05) is 0 Å². The predicted molar refractivity (Wildman–Crippen MR) is 73.8 cm³/mol. The number of aliphatic hydroxyl groups excluding tert-OH is 1. The number of nitrogens with one attached hydrogen (secondary N) is 2. The Morgan fingerprint density at radius 2 is 2.17 bits per heavy atom. The first-order valence-electron chi connectivity index (χ1n) is 5.92.